The normalized spacial score (nSPS) is 12.1. The van der Waals surface area contributed by atoms with Crippen LogP contribution in [0.5, 0.6) is 0 Å². The Hall–Kier alpha value is -1.89. The molecule has 2 rings (SSSR count). The third kappa shape index (κ3) is 3.16. The van der Waals surface area contributed by atoms with E-state index in [1.165, 1.54) is 18.5 Å². The molecule has 2 heterocycles. The molecule has 2 aromatic rings. The zero-order valence-corrected chi connectivity index (χ0v) is 11.1. The van der Waals surface area contributed by atoms with Crippen LogP contribution in [0, 0.1) is 0 Å². The Morgan fingerprint density at radius 3 is 2.60 bits per heavy atom. The van der Waals surface area contributed by atoms with Gasteiger partial charge in [-0.2, -0.15) is 18.3 Å². The molecular weight excluding hydrogens is 269 g/mol. The van der Waals surface area contributed by atoms with Crippen molar-refractivity contribution >= 4 is 0 Å². The van der Waals surface area contributed by atoms with Gasteiger partial charge in [0, 0.05) is 24.3 Å². The molecule has 0 aliphatic carbocycles. The summed E-state index contributed by atoms with van der Waals surface area (Å²) >= 11 is 0. The fraction of sp³-hybridized carbons (Fsp3) is 0.385. The second kappa shape index (κ2) is 5.62. The van der Waals surface area contributed by atoms with Crippen LogP contribution in [-0.2, 0) is 12.7 Å². The van der Waals surface area contributed by atoms with Gasteiger partial charge in [0.1, 0.15) is 0 Å². The van der Waals surface area contributed by atoms with E-state index in [1.54, 1.807) is 12.1 Å². The molecule has 0 bridgehead atoms. The zero-order chi connectivity index (χ0) is 14.8. The molecule has 0 radical (unpaired) electrons. The summed E-state index contributed by atoms with van der Waals surface area (Å²) in [6, 6.07) is 4.84. The smallest absolute Gasteiger partial charge is 0.310 e. The summed E-state index contributed by atoms with van der Waals surface area (Å²) in [5.74, 6) is 0.149. The van der Waals surface area contributed by atoms with Gasteiger partial charge in [0.25, 0.3) is 0 Å². The Labute approximate surface area is 114 Å². The van der Waals surface area contributed by atoms with Crippen molar-refractivity contribution in [3.8, 4) is 5.82 Å². The molecule has 108 valence electrons. The van der Waals surface area contributed by atoms with E-state index in [9.17, 15) is 13.2 Å². The van der Waals surface area contributed by atoms with Crippen LogP contribution in [-0.4, -0.2) is 20.8 Å². The van der Waals surface area contributed by atoms with Crippen LogP contribution in [0.4, 0.5) is 13.2 Å². The molecule has 0 aliphatic heterocycles. The lowest BCUT2D eigenvalue weighted by Crippen LogP contribution is -2.24. The number of halogens is 3. The number of hydrogen-bond donors (Lipinski definition) is 1. The Kier molecular flexibility index (Phi) is 4.08. The van der Waals surface area contributed by atoms with Crippen LogP contribution in [0.2, 0.25) is 0 Å². The third-order valence-electron chi connectivity index (χ3n) is 2.68. The summed E-state index contributed by atoms with van der Waals surface area (Å²) in [6.07, 6.45) is -1.82. The highest BCUT2D eigenvalue weighted by Gasteiger charge is 2.38. The van der Waals surface area contributed by atoms with E-state index in [4.69, 9.17) is 0 Å². The summed E-state index contributed by atoms with van der Waals surface area (Å²) in [5.41, 5.74) is -0.679. The SMILES string of the molecule is CC(C)NCc1cnn(-c2ccccn2)c1C(F)(F)F. The van der Waals surface area contributed by atoms with Gasteiger partial charge in [-0.1, -0.05) is 19.9 Å². The maximum Gasteiger partial charge on any atom is 0.433 e. The number of aromatic nitrogens is 3. The van der Waals surface area contributed by atoms with Crippen LogP contribution in [0.3, 0.4) is 0 Å². The average molecular weight is 284 g/mol. The molecule has 1 N–H and O–H groups in total. The van der Waals surface area contributed by atoms with E-state index in [0.29, 0.717) is 0 Å². The van der Waals surface area contributed by atoms with Gasteiger partial charge in [0.2, 0.25) is 0 Å². The van der Waals surface area contributed by atoms with E-state index >= 15 is 0 Å². The largest absolute Gasteiger partial charge is 0.433 e. The average Bonchev–Trinajstić information content (AvgIpc) is 2.81. The molecule has 0 unspecified atom stereocenters. The van der Waals surface area contributed by atoms with Crippen LogP contribution in [0.15, 0.2) is 30.6 Å². The molecule has 0 aromatic carbocycles. The van der Waals surface area contributed by atoms with Crippen LogP contribution < -0.4 is 5.32 Å². The molecule has 4 nitrogen and oxygen atoms in total. The van der Waals surface area contributed by atoms with Gasteiger partial charge in [0.15, 0.2) is 11.5 Å². The Morgan fingerprint density at radius 2 is 2.05 bits per heavy atom. The van der Waals surface area contributed by atoms with Crippen molar-refractivity contribution in [2.45, 2.75) is 32.6 Å². The third-order valence-corrected chi connectivity index (χ3v) is 2.68. The van der Waals surface area contributed by atoms with Gasteiger partial charge >= 0.3 is 6.18 Å². The Morgan fingerprint density at radius 1 is 1.30 bits per heavy atom. The predicted molar refractivity (Wildman–Crippen MR) is 68.3 cm³/mol. The van der Waals surface area contributed by atoms with Gasteiger partial charge in [-0.05, 0) is 12.1 Å². The topological polar surface area (TPSA) is 42.7 Å². The van der Waals surface area contributed by atoms with Gasteiger partial charge in [-0.3, -0.25) is 0 Å². The van der Waals surface area contributed by atoms with E-state index in [2.05, 4.69) is 15.4 Å². The second-order valence-corrected chi connectivity index (χ2v) is 4.65. The van der Waals surface area contributed by atoms with Crippen molar-refractivity contribution in [1.82, 2.24) is 20.1 Å². The van der Waals surface area contributed by atoms with Crippen molar-refractivity contribution in [3.05, 3.63) is 41.9 Å². The highest BCUT2D eigenvalue weighted by atomic mass is 19.4. The zero-order valence-electron chi connectivity index (χ0n) is 11.1. The second-order valence-electron chi connectivity index (χ2n) is 4.65. The summed E-state index contributed by atoms with van der Waals surface area (Å²) in [4.78, 5) is 3.91. The molecule has 7 heteroatoms. The molecule has 0 saturated heterocycles. The highest BCUT2D eigenvalue weighted by Crippen LogP contribution is 2.33. The van der Waals surface area contributed by atoms with Crippen molar-refractivity contribution < 1.29 is 13.2 Å². The highest BCUT2D eigenvalue weighted by molar-refractivity contribution is 5.30. The lowest BCUT2D eigenvalue weighted by molar-refractivity contribution is -0.143. The van der Waals surface area contributed by atoms with Crippen LogP contribution in [0.1, 0.15) is 25.1 Å². The van der Waals surface area contributed by atoms with Gasteiger partial charge in [-0.25, -0.2) is 9.67 Å². The lowest BCUT2D eigenvalue weighted by Gasteiger charge is -2.13. The first-order chi connectivity index (χ1) is 9.39. The number of hydrogen-bond acceptors (Lipinski definition) is 3. The molecule has 0 saturated carbocycles. The molecule has 0 aliphatic rings. The lowest BCUT2D eigenvalue weighted by atomic mass is 10.2. The maximum absolute atomic E-state index is 13.2. The van der Waals surface area contributed by atoms with E-state index < -0.39 is 11.9 Å². The molecule has 2 aromatic heterocycles. The Balaban J connectivity index is 2.43. The molecule has 0 spiro atoms. The number of nitrogens with zero attached hydrogens (tertiary/aromatic N) is 3. The number of rotatable bonds is 4. The summed E-state index contributed by atoms with van der Waals surface area (Å²) in [6.45, 7) is 3.85. The van der Waals surface area contributed by atoms with E-state index in [-0.39, 0.29) is 24.0 Å². The first kappa shape index (κ1) is 14.5. The standard InChI is InChI=1S/C13H15F3N4/c1-9(2)18-7-10-8-19-20(12(10)13(14,15)16)11-5-3-4-6-17-11/h3-6,8-9,18H,7H2,1-2H3. The van der Waals surface area contributed by atoms with E-state index in [0.717, 1.165) is 4.68 Å². The number of alkyl halides is 3. The minimum atomic E-state index is -4.48. The first-order valence-electron chi connectivity index (χ1n) is 6.18. The Bertz CT molecular complexity index is 561. The minimum Gasteiger partial charge on any atom is -0.310 e. The minimum absolute atomic E-state index is 0.0919. The molecular formula is C13H15F3N4. The summed E-state index contributed by atoms with van der Waals surface area (Å²) in [7, 11) is 0. The fourth-order valence-electron chi connectivity index (χ4n) is 1.78. The van der Waals surface area contributed by atoms with Crippen molar-refractivity contribution in [2.75, 3.05) is 0 Å². The van der Waals surface area contributed by atoms with E-state index in [1.807, 2.05) is 13.8 Å². The first-order valence-corrected chi connectivity index (χ1v) is 6.18. The summed E-state index contributed by atoms with van der Waals surface area (Å²) < 4.78 is 40.5. The van der Waals surface area contributed by atoms with Crippen LogP contribution >= 0.6 is 0 Å². The predicted octanol–water partition coefficient (Wildman–Crippen LogP) is 2.78. The maximum atomic E-state index is 13.2. The quantitative estimate of drug-likeness (QED) is 0.938. The number of pyridine rings is 1. The molecule has 20 heavy (non-hydrogen) atoms. The van der Waals surface area contributed by atoms with Gasteiger partial charge in [-0.15, -0.1) is 0 Å². The van der Waals surface area contributed by atoms with Crippen molar-refractivity contribution in [2.24, 2.45) is 0 Å². The molecule has 0 atom stereocenters. The molecule has 0 amide bonds. The summed E-state index contributed by atoms with van der Waals surface area (Å²) in [5, 5.41) is 6.79. The number of nitrogens with one attached hydrogen (secondary N) is 1. The molecule has 0 fully saturated rings. The van der Waals surface area contributed by atoms with Gasteiger partial charge in [0.05, 0.1) is 6.20 Å². The monoisotopic (exact) mass is 284 g/mol. The van der Waals surface area contributed by atoms with Crippen LogP contribution in [0.25, 0.3) is 5.82 Å². The fourth-order valence-corrected chi connectivity index (χ4v) is 1.78. The van der Waals surface area contributed by atoms with Crippen molar-refractivity contribution in [3.63, 3.8) is 0 Å². The van der Waals surface area contributed by atoms with Crippen molar-refractivity contribution in [1.29, 1.82) is 0 Å². The van der Waals surface area contributed by atoms with Gasteiger partial charge < -0.3 is 5.32 Å².